The number of imidazole rings is 1. The fourth-order valence-electron chi connectivity index (χ4n) is 8.44. The number of ether oxygens (including phenoxy) is 1. The van der Waals surface area contributed by atoms with Crippen LogP contribution in [0.5, 0.6) is 0 Å². The maximum absolute atomic E-state index is 12.7. The van der Waals surface area contributed by atoms with Crippen molar-refractivity contribution in [1.82, 2.24) is 30.2 Å². The van der Waals surface area contributed by atoms with Gasteiger partial charge in [-0.25, -0.2) is 19.3 Å². The quantitative estimate of drug-likeness (QED) is 0.0393. The van der Waals surface area contributed by atoms with Crippen LogP contribution in [-0.4, -0.2) is 114 Å². The number of nitrogen functional groups attached to an aromatic ring is 1. The van der Waals surface area contributed by atoms with Crippen LogP contribution in [0.1, 0.15) is 181 Å². The first-order valence-corrected chi connectivity index (χ1v) is 32.0. The molecule has 2 amide bonds. The number of aromatic nitrogens is 4. The van der Waals surface area contributed by atoms with E-state index in [0.29, 0.717) is 6.42 Å². The van der Waals surface area contributed by atoms with Crippen molar-refractivity contribution < 1.29 is 85.6 Å². The minimum Gasteiger partial charge on any atom is -0.790 e. The number of phosphoric acid groups is 3. The Morgan fingerprint density at radius 2 is 1.34 bits per heavy atom. The van der Waals surface area contributed by atoms with Crippen molar-refractivity contribution in [2.45, 2.75) is 212 Å². The molecule has 2 aromatic heterocycles. The van der Waals surface area contributed by atoms with Crippen molar-refractivity contribution in [3.8, 4) is 0 Å². The van der Waals surface area contributed by atoms with Gasteiger partial charge in [0.25, 0.3) is 15.6 Å². The maximum Gasteiger partial charge on any atom is 0.274 e. The molecule has 0 bridgehead atoms. The smallest absolute Gasteiger partial charge is 0.274 e. The van der Waals surface area contributed by atoms with E-state index in [-0.39, 0.29) is 53.8 Å². The molecule has 29 heteroatoms. The number of phosphoric ester groups is 3. The van der Waals surface area contributed by atoms with Gasteiger partial charge in [0, 0.05) is 37.1 Å². The normalized spacial score (nSPS) is 19.6. The van der Waals surface area contributed by atoms with Gasteiger partial charge >= 0.3 is 0 Å². The van der Waals surface area contributed by atoms with Crippen LogP contribution in [0.4, 0.5) is 5.82 Å². The SMILES string of the molecule is CCCCCCCCCCCCCCCCCCCCCCC[C@@H](O)CC(=O)SCCNC(=O)CCNC(=O)[C@H](O)C(C)(C)COP(=O)([O-])OP(=O)([O-])OC[C@H]1O[C@@H](n2cnc3c(N)ncnc32)[C@H](O)[C@@H]1OP(=O)([O-])[O-]. The van der Waals surface area contributed by atoms with Crippen LogP contribution in [-0.2, 0) is 50.7 Å². The summed E-state index contributed by atoms with van der Waals surface area (Å²) in [4.78, 5) is 97.2. The number of unbranched alkanes of at least 4 members (excludes halogenated alkanes) is 20. The second-order valence-electron chi connectivity index (χ2n) is 19.9. The molecule has 1 saturated heterocycles. The number of nitrogens with two attached hydrogens (primary N) is 1. The van der Waals surface area contributed by atoms with Crippen LogP contribution < -0.4 is 35.9 Å². The molecule has 438 valence electrons. The number of carbonyl (C=O) groups excluding carboxylic acids is 3. The summed E-state index contributed by atoms with van der Waals surface area (Å²) in [7, 11) is -17.6. The van der Waals surface area contributed by atoms with Crippen LogP contribution in [0.15, 0.2) is 12.7 Å². The Kier molecular flexibility index (Phi) is 31.5. The van der Waals surface area contributed by atoms with Gasteiger partial charge in [0.1, 0.15) is 36.3 Å². The van der Waals surface area contributed by atoms with Crippen LogP contribution in [0, 0.1) is 5.41 Å². The Balaban J connectivity index is 1.22. The van der Waals surface area contributed by atoms with Gasteiger partial charge in [0.05, 0.1) is 33.5 Å². The predicted molar refractivity (Wildman–Crippen MR) is 276 cm³/mol. The third kappa shape index (κ3) is 27.1. The van der Waals surface area contributed by atoms with Gasteiger partial charge in [0.2, 0.25) is 11.8 Å². The van der Waals surface area contributed by atoms with Crippen molar-refractivity contribution in [3.05, 3.63) is 12.7 Å². The molecule has 7 N–H and O–H groups in total. The Bertz CT molecular complexity index is 2180. The Hall–Kier alpha value is -2.48. The molecule has 1 aliphatic heterocycles. The third-order valence-corrected chi connectivity index (χ3v) is 16.7. The summed E-state index contributed by atoms with van der Waals surface area (Å²) in [5.74, 6) is -1.32. The second kappa shape index (κ2) is 35.3. The first-order chi connectivity index (χ1) is 35.9. The number of thioether (sulfide) groups is 1. The minimum atomic E-state index is -5.93. The first kappa shape index (κ1) is 67.8. The van der Waals surface area contributed by atoms with Gasteiger partial charge in [-0.3, -0.25) is 28.1 Å². The lowest BCUT2D eigenvalue weighted by atomic mass is 9.87. The van der Waals surface area contributed by atoms with Crippen LogP contribution in [0.3, 0.4) is 0 Å². The standard InChI is InChI=1S/C47H86N7O18P3S/c1-4-5-6-7-8-9-10-11-12-13-14-15-16-17-18-19-20-21-22-23-24-25-35(55)30-38(57)76-29-28-49-37(56)26-27-50-45(60)42(59)47(2,3)32-69-75(66,67)72-74(64,65)68-31-36-41(71-73(61,62)63)40(58)46(70-36)54-34-53-39-43(48)51-33-52-44(39)54/h33-36,40-42,46,55,58-59H,4-32H2,1-3H3,(H,49,56)(H,50,60)(H,64,65)(H,66,67)(H2,48,51,52)(H2,61,62,63)/p-4/t35-,36-,40-,41-,42+,46-/m1/s1. The van der Waals surface area contributed by atoms with Crippen molar-refractivity contribution in [1.29, 1.82) is 0 Å². The first-order valence-electron chi connectivity index (χ1n) is 26.6. The molecule has 2 unspecified atom stereocenters. The van der Waals surface area contributed by atoms with E-state index in [9.17, 15) is 63.0 Å². The zero-order valence-electron chi connectivity index (χ0n) is 44.2. The van der Waals surface area contributed by atoms with E-state index >= 15 is 0 Å². The summed E-state index contributed by atoms with van der Waals surface area (Å²) in [6.45, 7) is 2.28. The number of fused-ring (bicyclic) bond motifs is 1. The Morgan fingerprint density at radius 3 is 1.89 bits per heavy atom. The number of aliphatic hydroxyl groups excluding tert-OH is 3. The van der Waals surface area contributed by atoms with E-state index in [1.807, 2.05) is 0 Å². The molecule has 0 aromatic carbocycles. The lowest BCUT2D eigenvalue weighted by Crippen LogP contribution is -2.46. The molecule has 2 aromatic rings. The summed E-state index contributed by atoms with van der Waals surface area (Å²) >= 11 is 0.994. The van der Waals surface area contributed by atoms with E-state index in [1.54, 1.807) is 0 Å². The van der Waals surface area contributed by atoms with E-state index < -0.39 is 90.7 Å². The Labute approximate surface area is 450 Å². The summed E-state index contributed by atoms with van der Waals surface area (Å²) in [6, 6.07) is 0. The van der Waals surface area contributed by atoms with E-state index in [2.05, 4.69) is 50.4 Å². The highest BCUT2D eigenvalue weighted by molar-refractivity contribution is 8.13. The maximum atomic E-state index is 12.7. The molecule has 0 spiro atoms. The fraction of sp³-hybridized carbons (Fsp3) is 0.830. The van der Waals surface area contributed by atoms with Crippen LogP contribution >= 0.6 is 35.2 Å². The molecule has 1 fully saturated rings. The number of hydrogen-bond acceptors (Lipinski definition) is 23. The van der Waals surface area contributed by atoms with Crippen molar-refractivity contribution >= 4 is 69.1 Å². The van der Waals surface area contributed by atoms with Gasteiger partial charge in [-0.2, -0.15) is 0 Å². The zero-order chi connectivity index (χ0) is 56.2. The van der Waals surface area contributed by atoms with Crippen molar-refractivity contribution in [3.63, 3.8) is 0 Å². The van der Waals surface area contributed by atoms with Gasteiger partial charge in [-0.15, -0.1) is 0 Å². The van der Waals surface area contributed by atoms with Crippen molar-refractivity contribution in [2.75, 3.05) is 37.8 Å². The number of amides is 2. The van der Waals surface area contributed by atoms with Gasteiger partial charge in [0.15, 0.2) is 22.8 Å². The molecule has 0 aliphatic carbocycles. The van der Waals surface area contributed by atoms with Gasteiger partial charge in [-0.05, 0) is 6.42 Å². The van der Waals surface area contributed by atoms with Gasteiger partial charge in [-0.1, -0.05) is 167 Å². The molecule has 1 aliphatic rings. The largest absolute Gasteiger partial charge is 0.790 e. The van der Waals surface area contributed by atoms with E-state index in [4.69, 9.17) is 10.5 Å². The average Bonchev–Trinajstić information content (AvgIpc) is 3.91. The average molecular weight is 1160 g/mol. The number of anilines is 1. The highest BCUT2D eigenvalue weighted by atomic mass is 32.2. The number of hydrogen-bond donors (Lipinski definition) is 6. The fourth-order valence-corrected chi connectivity index (χ4v) is 11.9. The molecular weight excluding hydrogens is 1080 g/mol. The summed E-state index contributed by atoms with van der Waals surface area (Å²) < 4.78 is 60.9. The molecule has 76 heavy (non-hydrogen) atoms. The second-order valence-corrected chi connectivity index (χ2v) is 25.1. The van der Waals surface area contributed by atoms with E-state index in [0.717, 1.165) is 48.2 Å². The predicted octanol–water partition coefficient (Wildman–Crippen LogP) is 4.49. The molecule has 3 heterocycles. The monoisotopic (exact) mass is 1160 g/mol. The highest BCUT2D eigenvalue weighted by Gasteiger charge is 2.47. The number of nitrogens with one attached hydrogen (secondary N) is 2. The summed E-state index contributed by atoms with van der Waals surface area (Å²) in [5, 5.41) is 36.6. The third-order valence-electron chi connectivity index (χ3n) is 12.8. The molecule has 0 saturated carbocycles. The van der Waals surface area contributed by atoms with Crippen molar-refractivity contribution in [2.24, 2.45) is 5.41 Å². The van der Waals surface area contributed by atoms with Crippen LogP contribution in [0.25, 0.3) is 11.2 Å². The molecular formula is C47H82N7O18P3S-4. The number of rotatable bonds is 43. The van der Waals surface area contributed by atoms with E-state index in [1.165, 1.54) is 129 Å². The lowest BCUT2D eigenvalue weighted by Gasteiger charge is -2.36. The minimum absolute atomic E-state index is 0.0180. The summed E-state index contributed by atoms with van der Waals surface area (Å²) in [6.07, 6.45) is 19.4. The molecule has 3 rings (SSSR count). The number of nitrogens with zero attached hydrogens (tertiary/aromatic N) is 4. The number of carbonyl (C=O) groups is 3. The zero-order valence-corrected chi connectivity index (χ0v) is 47.7. The summed E-state index contributed by atoms with van der Waals surface area (Å²) in [5.41, 5.74) is 4.07. The van der Waals surface area contributed by atoms with Gasteiger partial charge < -0.3 is 74.1 Å². The molecule has 8 atom stereocenters. The lowest BCUT2D eigenvalue weighted by molar-refractivity contribution is -0.347. The highest BCUT2D eigenvalue weighted by Crippen LogP contribution is 2.56. The van der Waals surface area contributed by atoms with Crippen LogP contribution in [0.2, 0.25) is 0 Å². The topological polar surface area (TPSA) is 395 Å². The number of aliphatic hydroxyl groups is 3. The molecule has 0 radical (unpaired) electrons. The molecule has 25 nitrogen and oxygen atoms in total. The Morgan fingerprint density at radius 1 is 0.803 bits per heavy atom.